The molecule has 7 nitrogen and oxygen atoms in total. The zero-order valence-electron chi connectivity index (χ0n) is 16.3. The molecular formula is C18H23N5O2S2. The van der Waals surface area contributed by atoms with Crippen molar-refractivity contribution >= 4 is 44.9 Å². The molecule has 1 amide bonds. The van der Waals surface area contributed by atoms with Crippen molar-refractivity contribution in [3.8, 4) is 0 Å². The lowest BCUT2D eigenvalue weighted by Crippen LogP contribution is -2.23. The van der Waals surface area contributed by atoms with E-state index in [0.717, 1.165) is 32.3 Å². The fourth-order valence-corrected chi connectivity index (χ4v) is 4.89. The summed E-state index contributed by atoms with van der Waals surface area (Å²) in [7, 11) is 1.84. The average Bonchev–Trinajstić information content (AvgIpc) is 3.03. The number of carbonyl (C=O) groups is 1. The van der Waals surface area contributed by atoms with E-state index in [1.54, 1.807) is 9.25 Å². The molecule has 27 heavy (non-hydrogen) atoms. The molecule has 0 aliphatic carbocycles. The zero-order chi connectivity index (χ0) is 19.9. The molecule has 0 radical (unpaired) electrons. The SMILES string of the molecule is CCn1c(SCC(=O)Nc2c(C)nn(C)c2C)nc2sc(C)c(C)c2c1=O. The number of thioether (sulfide) groups is 1. The second-order valence-corrected chi connectivity index (χ2v) is 8.56. The summed E-state index contributed by atoms with van der Waals surface area (Å²) in [4.78, 5) is 31.8. The van der Waals surface area contributed by atoms with Crippen LogP contribution in [0.3, 0.4) is 0 Å². The first-order chi connectivity index (χ1) is 12.7. The number of aryl methyl sites for hydroxylation is 4. The third-order valence-electron chi connectivity index (χ3n) is 4.68. The van der Waals surface area contributed by atoms with Crippen molar-refractivity contribution in [3.05, 3.63) is 32.2 Å². The summed E-state index contributed by atoms with van der Waals surface area (Å²) in [5.41, 5.74) is 3.38. The standard InChI is InChI=1S/C18H23N5O2S2/c1-7-23-17(25)14-9(2)12(5)27-16(14)20-18(23)26-8-13(24)19-15-10(3)21-22(6)11(15)4/h7-8H2,1-6H3,(H,19,24). The van der Waals surface area contributed by atoms with Crippen LogP contribution in [0, 0.1) is 27.7 Å². The highest BCUT2D eigenvalue weighted by Crippen LogP contribution is 2.28. The second kappa shape index (κ2) is 7.47. The Bertz CT molecular complexity index is 1090. The molecule has 9 heteroatoms. The first-order valence-electron chi connectivity index (χ1n) is 8.68. The summed E-state index contributed by atoms with van der Waals surface area (Å²) in [6.45, 7) is 10.2. The topological polar surface area (TPSA) is 81.8 Å². The summed E-state index contributed by atoms with van der Waals surface area (Å²) in [5.74, 6) is 0.0319. The van der Waals surface area contributed by atoms with Crippen LogP contribution in [0.2, 0.25) is 0 Å². The van der Waals surface area contributed by atoms with E-state index in [0.29, 0.717) is 17.1 Å². The Balaban J connectivity index is 1.84. The third kappa shape index (κ3) is 3.53. The molecule has 3 aromatic rings. The van der Waals surface area contributed by atoms with Crippen molar-refractivity contribution in [2.75, 3.05) is 11.1 Å². The number of nitrogens with zero attached hydrogens (tertiary/aromatic N) is 4. The predicted molar refractivity (Wildman–Crippen MR) is 111 cm³/mol. The molecule has 0 spiro atoms. The van der Waals surface area contributed by atoms with E-state index >= 15 is 0 Å². The van der Waals surface area contributed by atoms with Crippen molar-refractivity contribution in [2.45, 2.75) is 46.3 Å². The lowest BCUT2D eigenvalue weighted by atomic mass is 10.2. The minimum atomic E-state index is -0.144. The van der Waals surface area contributed by atoms with Gasteiger partial charge in [-0.1, -0.05) is 11.8 Å². The quantitative estimate of drug-likeness (QED) is 0.521. The Labute approximate surface area is 165 Å². The number of nitrogens with one attached hydrogen (secondary N) is 1. The highest BCUT2D eigenvalue weighted by molar-refractivity contribution is 7.99. The number of carbonyl (C=O) groups excluding carboxylic acids is 1. The monoisotopic (exact) mass is 405 g/mol. The molecular weight excluding hydrogens is 382 g/mol. The molecule has 0 saturated carbocycles. The van der Waals surface area contributed by atoms with Crippen LogP contribution in [-0.4, -0.2) is 31.0 Å². The van der Waals surface area contributed by atoms with Crippen molar-refractivity contribution in [1.82, 2.24) is 19.3 Å². The summed E-state index contributed by atoms with van der Waals surface area (Å²) in [6.07, 6.45) is 0. The average molecular weight is 406 g/mol. The van der Waals surface area contributed by atoms with Crippen molar-refractivity contribution < 1.29 is 4.79 Å². The molecule has 3 rings (SSSR count). The predicted octanol–water partition coefficient (Wildman–Crippen LogP) is 3.18. The van der Waals surface area contributed by atoms with E-state index in [4.69, 9.17) is 0 Å². The van der Waals surface area contributed by atoms with Crippen LogP contribution < -0.4 is 10.9 Å². The van der Waals surface area contributed by atoms with Gasteiger partial charge in [-0.05, 0) is 40.2 Å². The highest BCUT2D eigenvalue weighted by Gasteiger charge is 2.18. The fraction of sp³-hybridized carbons (Fsp3) is 0.444. The molecule has 0 bridgehead atoms. The second-order valence-electron chi connectivity index (χ2n) is 6.41. The Kier molecular flexibility index (Phi) is 5.43. The number of aromatic nitrogens is 4. The van der Waals surface area contributed by atoms with Crippen molar-refractivity contribution in [3.63, 3.8) is 0 Å². The smallest absolute Gasteiger partial charge is 0.263 e. The molecule has 1 N–H and O–H groups in total. The van der Waals surface area contributed by atoms with Crippen LogP contribution in [0.1, 0.15) is 28.8 Å². The highest BCUT2D eigenvalue weighted by atomic mass is 32.2. The summed E-state index contributed by atoms with van der Waals surface area (Å²) < 4.78 is 3.38. The van der Waals surface area contributed by atoms with E-state index < -0.39 is 0 Å². The van der Waals surface area contributed by atoms with E-state index in [1.807, 2.05) is 41.7 Å². The van der Waals surface area contributed by atoms with E-state index in [1.165, 1.54) is 23.1 Å². The zero-order valence-corrected chi connectivity index (χ0v) is 18.0. The summed E-state index contributed by atoms with van der Waals surface area (Å²) in [6, 6.07) is 0. The van der Waals surface area contributed by atoms with Gasteiger partial charge in [0, 0.05) is 18.5 Å². The summed E-state index contributed by atoms with van der Waals surface area (Å²) >= 11 is 2.80. The van der Waals surface area contributed by atoms with E-state index in [2.05, 4.69) is 15.4 Å². The van der Waals surface area contributed by atoms with Crippen LogP contribution in [0.4, 0.5) is 5.69 Å². The van der Waals surface area contributed by atoms with Gasteiger partial charge in [-0.15, -0.1) is 11.3 Å². The minimum Gasteiger partial charge on any atom is -0.322 e. The first-order valence-corrected chi connectivity index (χ1v) is 10.5. The van der Waals surface area contributed by atoms with E-state index in [9.17, 15) is 9.59 Å². The van der Waals surface area contributed by atoms with Crippen LogP contribution in [0.15, 0.2) is 9.95 Å². The van der Waals surface area contributed by atoms with Crippen molar-refractivity contribution in [1.29, 1.82) is 0 Å². The Morgan fingerprint density at radius 2 is 1.96 bits per heavy atom. The molecule has 0 unspecified atom stereocenters. The largest absolute Gasteiger partial charge is 0.322 e. The Morgan fingerprint density at radius 1 is 1.26 bits per heavy atom. The van der Waals surface area contributed by atoms with Gasteiger partial charge in [0.05, 0.1) is 28.2 Å². The lowest BCUT2D eigenvalue weighted by Gasteiger charge is -2.10. The fourth-order valence-electron chi connectivity index (χ4n) is 2.96. The molecule has 0 saturated heterocycles. The molecule has 0 aliphatic heterocycles. The van der Waals surface area contributed by atoms with Gasteiger partial charge in [-0.25, -0.2) is 4.98 Å². The normalized spacial score (nSPS) is 11.3. The molecule has 144 valence electrons. The first kappa shape index (κ1) is 19.6. The maximum absolute atomic E-state index is 12.8. The van der Waals surface area contributed by atoms with Gasteiger partial charge < -0.3 is 5.32 Å². The Morgan fingerprint density at radius 3 is 2.56 bits per heavy atom. The van der Waals surface area contributed by atoms with Gasteiger partial charge >= 0.3 is 0 Å². The molecule has 0 aromatic carbocycles. The molecule has 3 heterocycles. The molecule has 0 atom stereocenters. The molecule has 3 aromatic heterocycles. The molecule has 0 fully saturated rings. The number of hydrogen-bond acceptors (Lipinski definition) is 6. The van der Waals surface area contributed by atoms with Crippen LogP contribution >= 0.6 is 23.1 Å². The maximum atomic E-state index is 12.8. The number of hydrogen-bond donors (Lipinski definition) is 1. The number of thiophene rings is 1. The third-order valence-corrected chi connectivity index (χ3v) is 6.75. The Hall–Kier alpha value is -2.13. The van der Waals surface area contributed by atoms with Crippen LogP contribution in [-0.2, 0) is 18.4 Å². The maximum Gasteiger partial charge on any atom is 0.263 e. The lowest BCUT2D eigenvalue weighted by molar-refractivity contribution is -0.113. The van der Waals surface area contributed by atoms with Gasteiger partial charge in [0.25, 0.3) is 5.56 Å². The van der Waals surface area contributed by atoms with E-state index in [-0.39, 0.29) is 17.2 Å². The number of fused-ring (bicyclic) bond motifs is 1. The van der Waals surface area contributed by atoms with Crippen LogP contribution in [0.25, 0.3) is 10.2 Å². The van der Waals surface area contributed by atoms with Gasteiger partial charge in [0.15, 0.2) is 5.16 Å². The minimum absolute atomic E-state index is 0.0359. The summed E-state index contributed by atoms with van der Waals surface area (Å²) in [5, 5.41) is 8.49. The van der Waals surface area contributed by atoms with Crippen molar-refractivity contribution in [2.24, 2.45) is 7.05 Å². The van der Waals surface area contributed by atoms with Crippen LogP contribution in [0.5, 0.6) is 0 Å². The number of rotatable bonds is 5. The van der Waals surface area contributed by atoms with Gasteiger partial charge in [-0.2, -0.15) is 5.10 Å². The van der Waals surface area contributed by atoms with Gasteiger partial charge in [0.2, 0.25) is 5.91 Å². The number of anilines is 1. The number of amides is 1. The van der Waals surface area contributed by atoms with Gasteiger partial charge in [-0.3, -0.25) is 18.8 Å². The molecule has 0 aliphatic rings. The van der Waals surface area contributed by atoms with Gasteiger partial charge in [0.1, 0.15) is 4.83 Å².